The molecule has 1 aliphatic rings. The molecule has 1 aromatic carbocycles. The number of hydrogen-bond acceptors (Lipinski definition) is 5. The zero-order valence-corrected chi connectivity index (χ0v) is 17.9. The van der Waals surface area contributed by atoms with Gasteiger partial charge in [-0.2, -0.15) is 0 Å². The average Bonchev–Trinajstić information content (AvgIpc) is 2.79. The maximum absolute atomic E-state index is 12.1. The van der Waals surface area contributed by atoms with Crippen LogP contribution in [0, 0.1) is 5.92 Å². The third-order valence-electron chi connectivity index (χ3n) is 4.69. The van der Waals surface area contributed by atoms with Gasteiger partial charge in [0.15, 0.2) is 0 Å². The van der Waals surface area contributed by atoms with Gasteiger partial charge in [-0.05, 0) is 49.8 Å². The Balaban J connectivity index is 0.000000426. The van der Waals surface area contributed by atoms with E-state index in [1.807, 2.05) is 57.2 Å². The Labute approximate surface area is 174 Å². The number of hydrogen-bond donors (Lipinski definition) is 0. The number of aromatic nitrogens is 1. The molecule has 29 heavy (non-hydrogen) atoms. The van der Waals surface area contributed by atoms with Crippen molar-refractivity contribution in [2.24, 2.45) is 5.92 Å². The van der Waals surface area contributed by atoms with E-state index in [-0.39, 0.29) is 11.9 Å². The average molecular weight is 400 g/mol. The van der Waals surface area contributed by atoms with E-state index in [4.69, 9.17) is 14.2 Å². The van der Waals surface area contributed by atoms with Crippen molar-refractivity contribution >= 4 is 5.97 Å². The Bertz CT molecular complexity index is 732. The summed E-state index contributed by atoms with van der Waals surface area (Å²) in [7, 11) is 0. The van der Waals surface area contributed by atoms with Crippen LogP contribution >= 0.6 is 0 Å². The molecule has 1 unspecified atom stereocenters. The molecule has 1 fully saturated rings. The molecule has 3 rings (SSSR count). The van der Waals surface area contributed by atoms with Gasteiger partial charge >= 0.3 is 5.97 Å². The van der Waals surface area contributed by atoms with E-state index in [0.717, 1.165) is 37.2 Å². The van der Waals surface area contributed by atoms with Crippen LogP contribution in [0.1, 0.15) is 52.9 Å². The lowest BCUT2D eigenvalue weighted by Crippen LogP contribution is -2.17. The minimum atomic E-state index is -0.212. The van der Waals surface area contributed by atoms with E-state index in [9.17, 15) is 4.79 Å². The quantitative estimate of drug-likeness (QED) is 0.443. The van der Waals surface area contributed by atoms with E-state index < -0.39 is 0 Å². The molecule has 5 nitrogen and oxygen atoms in total. The summed E-state index contributed by atoms with van der Waals surface area (Å²) in [6.07, 6.45) is 7.31. The fourth-order valence-corrected chi connectivity index (χ4v) is 2.72. The summed E-state index contributed by atoms with van der Waals surface area (Å²) in [4.78, 5) is 16.3. The van der Waals surface area contributed by atoms with Gasteiger partial charge in [-0.25, -0.2) is 4.98 Å². The van der Waals surface area contributed by atoms with Crippen LogP contribution in [0.15, 0.2) is 42.6 Å². The lowest BCUT2D eigenvalue weighted by atomic mass is 10.1. The van der Waals surface area contributed by atoms with Crippen molar-refractivity contribution in [3.05, 3.63) is 42.6 Å². The number of benzene rings is 1. The second-order valence-corrected chi connectivity index (χ2v) is 7.13. The van der Waals surface area contributed by atoms with Gasteiger partial charge in [-0.15, -0.1) is 0 Å². The number of pyridine rings is 1. The Kier molecular flexibility index (Phi) is 10.2. The van der Waals surface area contributed by atoms with Gasteiger partial charge < -0.3 is 14.2 Å². The highest BCUT2D eigenvalue weighted by atomic mass is 16.5. The molecule has 0 N–H and O–H groups in total. The number of rotatable bonds is 7. The van der Waals surface area contributed by atoms with E-state index in [0.29, 0.717) is 18.2 Å². The molecule has 0 amide bonds. The molecule has 1 atom stereocenters. The lowest BCUT2D eigenvalue weighted by molar-refractivity contribution is -0.138. The summed E-state index contributed by atoms with van der Waals surface area (Å²) in [5, 5.41) is 0. The van der Waals surface area contributed by atoms with E-state index in [2.05, 4.69) is 4.98 Å². The highest BCUT2D eigenvalue weighted by Gasteiger charge is 2.16. The molecule has 0 spiro atoms. The van der Waals surface area contributed by atoms with Crippen molar-refractivity contribution in [3.63, 3.8) is 0 Å². The second kappa shape index (κ2) is 12.9. The van der Waals surface area contributed by atoms with Crippen LogP contribution in [0.3, 0.4) is 0 Å². The van der Waals surface area contributed by atoms with Crippen molar-refractivity contribution in [2.75, 3.05) is 19.8 Å². The Morgan fingerprint density at radius 3 is 2.52 bits per heavy atom. The SMILES string of the molecule is C1CCOCC1.CCCOc1cc(-c2ccccc2OC(=O)C(C)CC)ccn1. The van der Waals surface area contributed by atoms with Gasteiger partial charge in [0.2, 0.25) is 5.88 Å². The van der Waals surface area contributed by atoms with Crippen molar-refractivity contribution in [1.82, 2.24) is 4.98 Å². The number of esters is 1. The highest BCUT2D eigenvalue weighted by molar-refractivity contribution is 5.79. The third kappa shape index (κ3) is 7.86. The maximum atomic E-state index is 12.1. The molecule has 0 radical (unpaired) electrons. The van der Waals surface area contributed by atoms with Gasteiger partial charge in [0.1, 0.15) is 5.75 Å². The fraction of sp³-hybridized carbons (Fsp3) is 0.500. The highest BCUT2D eigenvalue weighted by Crippen LogP contribution is 2.31. The van der Waals surface area contributed by atoms with Crippen LogP contribution in [0.25, 0.3) is 11.1 Å². The summed E-state index contributed by atoms with van der Waals surface area (Å²) in [5.41, 5.74) is 1.77. The first-order valence-corrected chi connectivity index (χ1v) is 10.6. The molecule has 2 aromatic rings. The van der Waals surface area contributed by atoms with Gasteiger partial charge in [-0.3, -0.25) is 4.79 Å². The molecular formula is C24H33NO4. The largest absolute Gasteiger partial charge is 0.478 e. The monoisotopic (exact) mass is 399 g/mol. The summed E-state index contributed by atoms with van der Waals surface area (Å²) in [6, 6.07) is 11.3. The van der Waals surface area contributed by atoms with Crippen LogP contribution in [-0.4, -0.2) is 30.8 Å². The summed E-state index contributed by atoms with van der Waals surface area (Å²) < 4.78 is 16.2. The molecule has 1 saturated heterocycles. The number of carbonyl (C=O) groups is 1. The van der Waals surface area contributed by atoms with Crippen LogP contribution in [-0.2, 0) is 9.53 Å². The van der Waals surface area contributed by atoms with Crippen molar-refractivity contribution < 1.29 is 19.0 Å². The summed E-state index contributed by atoms with van der Waals surface area (Å²) in [6.45, 7) is 8.51. The van der Waals surface area contributed by atoms with Gasteiger partial charge in [0, 0.05) is 31.0 Å². The van der Waals surface area contributed by atoms with Crippen molar-refractivity contribution in [1.29, 1.82) is 0 Å². The zero-order chi connectivity index (χ0) is 20.9. The van der Waals surface area contributed by atoms with Gasteiger partial charge in [0.25, 0.3) is 0 Å². The molecule has 158 valence electrons. The predicted octanol–water partition coefficient (Wildman–Crippen LogP) is 5.68. The van der Waals surface area contributed by atoms with Crippen molar-refractivity contribution in [2.45, 2.75) is 52.9 Å². The number of para-hydroxylation sites is 1. The lowest BCUT2D eigenvalue weighted by Gasteiger charge is -2.13. The van der Waals surface area contributed by atoms with Crippen LogP contribution in [0.2, 0.25) is 0 Å². The summed E-state index contributed by atoms with van der Waals surface area (Å²) >= 11 is 0. The smallest absolute Gasteiger partial charge is 0.314 e. The fourth-order valence-electron chi connectivity index (χ4n) is 2.72. The third-order valence-corrected chi connectivity index (χ3v) is 4.69. The molecule has 2 heterocycles. The second-order valence-electron chi connectivity index (χ2n) is 7.13. The standard InChI is InChI=1S/C19H23NO3.C5H10O/c1-4-12-22-18-13-15(10-11-20-18)16-8-6-7-9-17(16)23-19(21)14(3)5-2;1-2-4-6-5-3-1/h6-11,13-14H,4-5,12H2,1-3H3;1-5H2. The maximum Gasteiger partial charge on any atom is 0.314 e. The zero-order valence-electron chi connectivity index (χ0n) is 17.9. The molecule has 1 aromatic heterocycles. The minimum Gasteiger partial charge on any atom is -0.478 e. The first-order valence-electron chi connectivity index (χ1n) is 10.6. The van der Waals surface area contributed by atoms with E-state index in [1.54, 1.807) is 6.20 Å². The topological polar surface area (TPSA) is 57.7 Å². The Morgan fingerprint density at radius 2 is 1.90 bits per heavy atom. The number of carbonyl (C=O) groups excluding carboxylic acids is 1. The predicted molar refractivity (Wildman–Crippen MR) is 115 cm³/mol. The van der Waals surface area contributed by atoms with Gasteiger partial charge in [-0.1, -0.05) is 39.0 Å². The van der Waals surface area contributed by atoms with Crippen LogP contribution in [0.5, 0.6) is 11.6 Å². The van der Waals surface area contributed by atoms with Crippen LogP contribution in [0.4, 0.5) is 0 Å². The molecule has 5 heteroatoms. The van der Waals surface area contributed by atoms with Crippen molar-refractivity contribution in [3.8, 4) is 22.8 Å². The molecule has 0 bridgehead atoms. The first kappa shape index (κ1) is 22.9. The van der Waals surface area contributed by atoms with E-state index >= 15 is 0 Å². The summed E-state index contributed by atoms with van der Waals surface area (Å²) in [5.74, 6) is 0.804. The molecule has 0 saturated carbocycles. The molecular weight excluding hydrogens is 366 g/mol. The normalized spacial score (nSPS) is 14.3. The molecule has 1 aliphatic heterocycles. The number of nitrogens with zero attached hydrogens (tertiary/aromatic N) is 1. The van der Waals surface area contributed by atoms with Gasteiger partial charge in [0.05, 0.1) is 12.5 Å². The minimum absolute atomic E-state index is 0.121. The van der Waals surface area contributed by atoms with Crippen LogP contribution < -0.4 is 9.47 Å². The first-order chi connectivity index (χ1) is 14.2. The number of ether oxygens (including phenoxy) is 3. The molecule has 0 aliphatic carbocycles. The Hall–Kier alpha value is -2.40. The van der Waals surface area contributed by atoms with E-state index in [1.165, 1.54) is 19.3 Å². The Morgan fingerprint density at radius 1 is 1.14 bits per heavy atom.